The minimum Gasteiger partial charge on any atom is -0.490 e. The topological polar surface area (TPSA) is 38.3 Å². The molecule has 3 nitrogen and oxygen atoms in total. The summed E-state index contributed by atoms with van der Waals surface area (Å²) in [5.74, 6) is 0.505. The summed E-state index contributed by atoms with van der Waals surface area (Å²) < 4.78 is 5.30. The van der Waals surface area contributed by atoms with Crippen molar-refractivity contribution in [3.63, 3.8) is 0 Å². The molecule has 0 spiro atoms. The van der Waals surface area contributed by atoms with E-state index in [2.05, 4.69) is 18.5 Å². The van der Waals surface area contributed by atoms with Gasteiger partial charge in [-0.25, -0.2) is 0 Å². The quantitative estimate of drug-likeness (QED) is 0.790. The molecule has 0 bridgehead atoms. The summed E-state index contributed by atoms with van der Waals surface area (Å²) in [6.07, 6.45) is 1.66. The molecule has 1 amide bonds. The van der Waals surface area contributed by atoms with Crippen LogP contribution in [0.4, 0.5) is 0 Å². The summed E-state index contributed by atoms with van der Waals surface area (Å²) in [5.41, 5.74) is 0.550. The maximum absolute atomic E-state index is 11.6. The van der Waals surface area contributed by atoms with Gasteiger partial charge in [0.25, 0.3) is 5.91 Å². The molecule has 1 aromatic rings. The molecule has 0 heterocycles. The number of halogens is 1. The van der Waals surface area contributed by atoms with Crippen LogP contribution >= 0.6 is 11.6 Å². The van der Waals surface area contributed by atoms with Crippen molar-refractivity contribution in [1.82, 2.24) is 5.32 Å². The van der Waals surface area contributed by atoms with Crippen LogP contribution in [0.25, 0.3) is 0 Å². The van der Waals surface area contributed by atoms with Gasteiger partial charge in [0.05, 0.1) is 6.54 Å². The molecule has 4 heteroatoms. The Morgan fingerprint density at radius 1 is 1.41 bits per heavy atom. The number of carbonyl (C=O) groups excluding carboxylic acids is 1. The third-order valence-electron chi connectivity index (χ3n) is 1.93. The summed E-state index contributed by atoms with van der Waals surface area (Å²) in [5, 5.41) is 3.03. The first-order chi connectivity index (χ1) is 8.13. The van der Waals surface area contributed by atoms with Crippen molar-refractivity contribution in [1.29, 1.82) is 0 Å². The second-order valence-corrected chi connectivity index (χ2v) is 3.86. The Balaban J connectivity index is 2.57. The van der Waals surface area contributed by atoms with Crippen molar-refractivity contribution >= 4 is 17.5 Å². The van der Waals surface area contributed by atoms with Crippen LogP contribution in [-0.2, 0) is 0 Å². The summed E-state index contributed by atoms with van der Waals surface area (Å²) >= 11 is 5.55. The van der Waals surface area contributed by atoms with E-state index < -0.39 is 0 Å². The fraction of sp³-hybridized carbons (Fsp3) is 0.154. The molecule has 90 valence electrons. The maximum Gasteiger partial charge on any atom is 0.251 e. The van der Waals surface area contributed by atoms with Gasteiger partial charge in [0.15, 0.2) is 0 Å². The van der Waals surface area contributed by atoms with Gasteiger partial charge in [-0.2, -0.15) is 0 Å². The zero-order valence-electron chi connectivity index (χ0n) is 9.41. The number of ether oxygens (including phenoxy) is 1. The van der Waals surface area contributed by atoms with Crippen LogP contribution in [0.3, 0.4) is 0 Å². The second-order valence-electron chi connectivity index (χ2n) is 3.32. The van der Waals surface area contributed by atoms with E-state index in [1.807, 2.05) is 0 Å². The lowest BCUT2D eigenvalue weighted by atomic mass is 10.2. The van der Waals surface area contributed by atoms with Crippen molar-refractivity contribution in [3.05, 3.63) is 54.1 Å². The van der Waals surface area contributed by atoms with E-state index in [-0.39, 0.29) is 12.5 Å². The van der Waals surface area contributed by atoms with Crippen LogP contribution in [0.1, 0.15) is 10.4 Å². The normalized spacial score (nSPS) is 9.47. The molecule has 0 saturated heterocycles. The molecular formula is C13H14ClNO2. The number of hydrogen-bond acceptors (Lipinski definition) is 2. The molecule has 0 aromatic heterocycles. The highest BCUT2D eigenvalue weighted by Gasteiger charge is 2.04. The molecule has 17 heavy (non-hydrogen) atoms. The lowest BCUT2D eigenvalue weighted by Crippen LogP contribution is -2.24. The van der Waals surface area contributed by atoms with Crippen LogP contribution in [0.2, 0.25) is 0 Å². The Kier molecular flexibility index (Phi) is 5.30. The minimum atomic E-state index is -0.193. The van der Waals surface area contributed by atoms with Crippen LogP contribution in [0.15, 0.2) is 48.5 Å². The highest BCUT2D eigenvalue weighted by atomic mass is 35.5. The van der Waals surface area contributed by atoms with E-state index in [1.165, 1.54) is 0 Å². The smallest absolute Gasteiger partial charge is 0.251 e. The third-order valence-corrected chi connectivity index (χ3v) is 2.06. The van der Waals surface area contributed by atoms with Gasteiger partial charge in [-0.1, -0.05) is 30.8 Å². The summed E-state index contributed by atoms with van der Waals surface area (Å²) in [7, 11) is 0. The lowest BCUT2D eigenvalue weighted by Gasteiger charge is -2.06. The molecule has 1 N–H and O–H groups in total. The van der Waals surface area contributed by atoms with Crippen molar-refractivity contribution in [3.8, 4) is 5.75 Å². The average Bonchev–Trinajstić information content (AvgIpc) is 2.34. The maximum atomic E-state index is 11.6. The van der Waals surface area contributed by atoms with Crippen LogP contribution in [0.5, 0.6) is 5.75 Å². The molecule has 0 radical (unpaired) electrons. The standard InChI is InChI=1S/C13H14ClNO2/c1-3-8-17-12-6-4-11(5-7-12)13(16)15-9-10(2)14/h3-7H,1-2,8-9H2,(H,15,16). The van der Waals surface area contributed by atoms with Gasteiger partial charge in [-0.15, -0.1) is 0 Å². The molecular weight excluding hydrogens is 238 g/mol. The Hall–Kier alpha value is -1.74. The summed E-state index contributed by atoms with van der Waals surface area (Å²) in [6, 6.07) is 6.83. The van der Waals surface area contributed by atoms with Crippen LogP contribution in [-0.4, -0.2) is 19.1 Å². The van der Waals surface area contributed by atoms with Gasteiger partial charge in [0, 0.05) is 10.6 Å². The van der Waals surface area contributed by atoms with E-state index in [0.717, 1.165) is 0 Å². The molecule has 1 aromatic carbocycles. The number of hydrogen-bond donors (Lipinski definition) is 1. The fourth-order valence-corrected chi connectivity index (χ4v) is 1.20. The molecule has 0 unspecified atom stereocenters. The first-order valence-corrected chi connectivity index (χ1v) is 5.46. The molecule has 0 fully saturated rings. The van der Waals surface area contributed by atoms with Crippen LogP contribution in [0, 0.1) is 0 Å². The van der Waals surface area contributed by atoms with Gasteiger partial charge in [-0.05, 0) is 24.3 Å². The van der Waals surface area contributed by atoms with Crippen molar-refractivity contribution in [2.75, 3.05) is 13.2 Å². The van der Waals surface area contributed by atoms with Gasteiger partial charge >= 0.3 is 0 Å². The summed E-state index contributed by atoms with van der Waals surface area (Å²) in [6.45, 7) is 7.74. The van der Waals surface area contributed by atoms with Crippen molar-refractivity contribution < 1.29 is 9.53 Å². The molecule has 0 atom stereocenters. The predicted molar refractivity (Wildman–Crippen MR) is 69.5 cm³/mol. The molecule has 0 aliphatic heterocycles. The van der Waals surface area contributed by atoms with Crippen molar-refractivity contribution in [2.45, 2.75) is 0 Å². The third kappa shape index (κ3) is 4.74. The second kappa shape index (κ2) is 6.76. The fourth-order valence-electron chi connectivity index (χ4n) is 1.14. The summed E-state index contributed by atoms with van der Waals surface area (Å²) in [4.78, 5) is 11.6. The van der Waals surface area contributed by atoms with Gasteiger partial charge in [0.2, 0.25) is 0 Å². The lowest BCUT2D eigenvalue weighted by molar-refractivity contribution is 0.0957. The van der Waals surface area contributed by atoms with Crippen molar-refractivity contribution in [2.24, 2.45) is 0 Å². The molecule has 1 rings (SSSR count). The largest absolute Gasteiger partial charge is 0.490 e. The van der Waals surface area contributed by atoms with E-state index in [4.69, 9.17) is 16.3 Å². The molecule has 0 aliphatic carbocycles. The van der Waals surface area contributed by atoms with Gasteiger partial charge in [-0.3, -0.25) is 4.79 Å². The monoisotopic (exact) mass is 251 g/mol. The van der Waals surface area contributed by atoms with Gasteiger partial charge in [0.1, 0.15) is 12.4 Å². The van der Waals surface area contributed by atoms with E-state index in [9.17, 15) is 4.79 Å². The SMILES string of the molecule is C=CCOc1ccc(C(=O)NCC(=C)Cl)cc1. The molecule has 0 saturated carbocycles. The number of rotatable bonds is 6. The first kappa shape index (κ1) is 13.3. The first-order valence-electron chi connectivity index (χ1n) is 5.08. The minimum absolute atomic E-state index is 0.193. The number of amides is 1. The Morgan fingerprint density at radius 2 is 2.06 bits per heavy atom. The highest BCUT2D eigenvalue weighted by molar-refractivity contribution is 6.29. The van der Waals surface area contributed by atoms with Crippen LogP contribution < -0.4 is 10.1 Å². The van der Waals surface area contributed by atoms with Gasteiger partial charge < -0.3 is 10.1 Å². The van der Waals surface area contributed by atoms with E-state index in [0.29, 0.717) is 23.0 Å². The number of nitrogens with one attached hydrogen (secondary N) is 1. The van der Waals surface area contributed by atoms with E-state index >= 15 is 0 Å². The van der Waals surface area contributed by atoms with E-state index in [1.54, 1.807) is 30.3 Å². The zero-order valence-corrected chi connectivity index (χ0v) is 10.2. The molecule has 0 aliphatic rings. The highest BCUT2D eigenvalue weighted by Crippen LogP contribution is 2.12. The predicted octanol–water partition coefficient (Wildman–Crippen LogP) is 2.73. The number of benzene rings is 1. The Morgan fingerprint density at radius 3 is 2.59 bits per heavy atom. The Labute approximate surface area is 106 Å². The average molecular weight is 252 g/mol. The zero-order chi connectivity index (χ0) is 12.7. The Bertz CT molecular complexity index is 412. The number of carbonyl (C=O) groups is 1.